The summed E-state index contributed by atoms with van der Waals surface area (Å²) in [5, 5.41) is 34.3. The molecule has 0 atom stereocenters. The number of hydrogen-bond acceptors (Lipinski definition) is 6. The number of amides is 2. The molecule has 8 nitrogen and oxygen atoms in total. The molecule has 0 rings (SSSR count). The first-order chi connectivity index (χ1) is 5.14. The first kappa shape index (κ1) is 10.8. The zero-order valence-electron chi connectivity index (χ0n) is 5.76. The van der Waals surface area contributed by atoms with E-state index in [9.17, 15) is 9.59 Å². The van der Waals surface area contributed by atoms with Crippen LogP contribution in [0.4, 0.5) is 0 Å². The number of nitrogens with two attached hydrogens (primary N) is 2. The van der Waals surface area contributed by atoms with E-state index < -0.39 is 23.4 Å². The lowest BCUT2D eigenvalue weighted by molar-refractivity contribution is -0.317. The zero-order valence-corrected chi connectivity index (χ0v) is 5.76. The highest BCUT2D eigenvalue weighted by Crippen LogP contribution is 2.15. The van der Waals surface area contributed by atoms with Crippen LogP contribution in [0, 0.1) is 0 Å². The van der Waals surface area contributed by atoms with Crippen LogP contribution in [0.3, 0.4) is 0 Å². The van der Waals surface area contributed by atoms with E-state index in [-0.39, 0.29) is 0 Å². The largest absolute Gasteiger partial charge is 0.365 e. The smallest absolute Gasteiger partial charge is 0.310 e. The van der Waals surface area contributed by atoms with Crippen LogP contribution in [0.15, 0.2) is 0 Å². The highest BCUT2D eigenvalue weighted by molar-refractivity contribution is 5.92. The molecule has 0 aliphatic carbocycles. The molecule has 2 amide bonds. The Bertz CT molecular complexity index is 198. The van der Waals surface area contributed by atoms with Gasteiger partial charge in [0.15, 0.2) is 0 Å². The Hall–Kier alpha value is -1.22. The van der Waals surface area contributed by atoms with E-state index in [0.29, 0.717) is 0 Å². The molecule has 0 unspecified atom stereocenters. The SMILES string of the molecule is NC(=O)C(O)(O)C(O)(O)C(N)=O. The summed E-state index contributed by atoms with van der Waals surface area (Å²) in [6.45, 7) is 0. The van der Waals surface area contributed by atoms with Gasteiger partial charge in [0.2, 0.25) is 0 Å². The van der Waals surface area contributed by atoms with E-state index in [1.807, 2.05) is 0 Å². The molecule has 8 heteroatoms. The maximum atomic E-state index is 10.2. The molecule has 0 aromatic heterocycles. The van der Waals surface area contributed by atoms with Gasteiger partial charge in [0.05, 0.1) is 0 Å². The summed E-state index contributed by atoms with van der Waals surface area (Å²) in [4.78, 5) is 20.3. The first-order valence-electron chi connectivity index (χ1n) is 2.63. The van der Waals surface area contributed by atoms with Gasteiger partial charge < -0.3 is 31.9 Å². The molecule has 0 radical (unpaired) electrons. The van der Waals surface area contributed by atoms with Crippen LogP contribution in [0.5, 0.6) is 0 Å². The zero-order chi connectivity index (χ0) is 10.2. The average molecular weight is 180 g/mol. The number of aliphatic hydroxyl groups is 4. The van der Waals surface area contributed by atoms with Crippen molar-refractivity contribution >= 4 is 11.8 Å². The minimum Gasteiger partial charge on any atom is -0.365 e. The van der Waals surface area contributed by atoms with Crippen LogP contribution >= 0.6 is 0 Å². The minimum atomic E-state index is -3.81. The number of carbonyl (C=O) groups is 2. The monoisotopic (exact) mass is 180 g/mol. The van der Waals surface area contributed by atoms with E-state index in [4.69, 9.17) is 20.4 Å². The van der Waals surface area contributed by atoms with Crippen molar-refractivity contribution in [1.29, 1.82) is 0 Å². The fourth-order valence-electron chi connectivity index (χ4n) is 0.344. The standard InChI is InChI=1S/C4H8N2O6/c5-1(7)3(9,10)4(11,12)2(6)8/h9-12H,(H2,5,7)(H2,6,8). The van der Waals surface area contributed by atoms with Crippen molar-refractivity contribution in [1.82, 2.24) is 0 Å². The number of primary amides is 2. The van der Waals surface area contributed by atoms with Gasteiger partial charge in [0, 0.05) is 0 Å². The van der Waals surface area contributed by atoms with Crippen molar-refractivity contribution in [3.05, 3.63) is 0 Å². The summed E-state index contributed by atoms with van der Waals surface area (Å²) in [5.74, 6) is -11.4. The first-order valence-corrected chi connectivity index (χ1v) is 2.63. The van der Waals surface area contributed by atoms with E-state index in [1.165, 1.54) is 0 Å². The van der Waals surface area contributed by atoms with Crippen molar-refractivity contribution in [3.63, 3.8) is 0 Å². The summed E-state index contributed by atoms with van der Waals surface area (Å²) in [6.07, 6.45) is 0. The Balaban J connectivity index is 5.01. The second-order valence-corrected chi connectivity index (χ2v) is 2.07. The van der Waals surface area contributed by atoms with Gasteiger partial charge in [0.1, 0.15) is 0 Å². The summed E-state index contributed by atoms with van der Waals surface area (Å²) < 4.78 is 0. The predicted octanol–water partition coefficient (Wildman–Crippen LogP) is -4.68. The van der Waals surface area contributed by atoms with E-state index >= 15 is 0 Å². The maximum Gasteiger partial charge on any atom is 0.310 e. The molecule has 0 aliphatic heterocycles. The third-order valence-electron chi connectivity index (χ3n) is 1.17. The fraction of sp³-hybridized carbons (Fsp3) is 0.500. The summed E-state index contributed by atoms with van der Waals surface area (Å²) >= 11 is 0. The maximum absolute atomic E-state index is 10.2. The third kappa shape index (κ3) is 1.36. The van der Waals surface area contributed by atoms with Crippen LogP contribution in [0.2, 0.25) is 0 Å². The second kappa shape index (κ2) is 2.68. The van der Waals surface area contributed by atoms with Gasteiger partial charge in [-0.05, 0) is 0 Å². The topological polar surface area (TPSA) is 167 Å². The van der Waals surface area contributed by atoms with Crippen LogP contribution in [-0.2, 0) is 9.59 Å². The lowest BCUT2D eigenvalue weighted by Crippen LogP contribution is -2.67. The quantitative estimate of drug-likeness (QED) is 0.238. The molecule has 70 valence electrons. The van der Waals surface area contributed by atoms with Crippen LogP contribution in [0.1, 0.15) is 0 Å². The van der Waals surface area contributed by atoms with Crippen molar-refractivity contribution < 1.29 is 30.0 Å². The van der Waals surface area contributed by atoms with E-state index in [1.54, 1.807) is 0 Å². The Morgan fingerprint density at radius 3 is 1.08 bits per heavy atom. The Morgan fingerprint density at radius 1 is 0.833 bits per heavy atom. The van der Waals surface area contributed by atoms with Crippen molar-refractivity contribution in [2.75, 3.05) is 0 Å². The summed E-state index contributed by atoms with van der Waals surface area (Å²) in [5.41, 5.74) is 8.65. The summed E-state index contributed by atoms with van der Waals surface area (Å²) in [6, 6.07) is 0. The molecular formula is C4H8N2O6. The van der Waals surface area contributed by atoms with Crippen LogP contribution in [0.25, 0.3) is 0 Å². The van der Waals surface area contributed by atoms with Gasteiger partial charge in [-0.25, -0.2) is 0 Å². The molecule has 0 saturated carbocycles. The fourth-order valence-corrected chi connectivity index (χ4v) is 0.344. The van der Waals surface area contributed by atoms with Crippen molar-refractivity contribution in [2.24, 2.45) is 11.5 Å². The number of carbonyl (C=O) groups excluding carboxylic acids is 2. The molecule has 0 heterocycles. The molecule has 12 heavy (non-hydrogen) atoms. The lowest BCUT2D eigenvalue weighted by Gasteiger charge is -2.28. The van der Waals surface area contributed by atoms with Crippen molar-refractivity contribution in [3.8, 4) is 0 Å². The highest BCUT2D eigenvalue weighted by Gasteiger charge is 2.57. The van der Waals surface area contributed by atoms with Gasteiger partial charge in [0.25, 0.3) is 11.8 Å². The van der Waals surface area contributed by atoms with Gasteiger partial charge in [-0.2, -0.15) is 0 Å². The lowest BCUT2D eigenvalue weighted by atomic mass is 10.1. The van der Waals surface area contributed by atoms with Gasteiger partial charge in [-0.3, -0.25) is 9.59 Å². The van der Waals surface area contributed by atoms with Crippen molar-refractivity contribution in [2.45, 2.75) is 11.6 Å². The Morgan fingerprint density at radius 2 is 1.00 bits per heavy atom. The molecule has 0 aromatic carbocycles. The normalized spacial score (nSPS) is 12.7. The third-order valence-corrected chi connectivity index (χ3v) is 1.17. The molecule has 0 fully saturated rings. The molecule has 0 aromatic rings. The highest BCUT2D eigenvalue weighted by atomic mass is 16.6. The number of rotatable bonds is 3. The molecule has 0 bridgehead atoms. The minimum absolute atomic E-state index is 1.91. The molecule has 0 saturated heterocycles. The average Bonchev–Trinajstić information content (AvgIpc) is 1.86. The van der Waals surface area contributed by atoms with Gasteiger partial charge in [-0.15, -0.1) is 0 Å². The van der Waals surface area contributed by atoms with Gasteiger partial charge >= 0.3 is 11.6 Å². The Kier molecular flexibility index (Phi) is 2.41. The molecule has 0 spiro atoms. The summed E-state index contributed by atoms with van der Waals surface area (Å²) in [7, 11) is 0. The van der Waals surface area contributed by atoms with Crippen LogP contribution in [-0.4, -0.2) is 43.8 Å². The van der Waals surface area contributed by atoms with Crippen LogP contribution < -0.4 is 11.5 Å². The van der Waals surface area contributed by atoms with E-state index in [2.05, 4.69) is 11.5 Å². The molecule has 0 aliphatic rings. The second-order valence-electron chi connectivity index (χ2n) is 2.07. The number of hydrogen-bond donors (Lipinski definition) is 6. The molecular weight excluding hydrogens is 172 g/mol. The predicted molar refractivity (Wildman–Crippen MR) is 32.7 cm³/mol. The van der Waals surface area contributed by atoms with Gasteiger partial charge in [-0.1, -0.05) is 0 Å². The van der Waals surface area contributed by atoms with E-state index in [0.717, 1.165) is 0 Å². The Labute approximate surface area is 66.0 Å². The molecule has 8 N–H and O–H groups in total.